The fourth-order valence-corrected chi connectivity index (χ4v) is 5.53. The molecule has 0 radical (unpaired) electrons. The number of aliphatic hydroxyl groups is 1. The van der Waals surface area contributed by atoms with Crippen molar-refractivity contribution in [1.82, 2.24) is 24.2 Å². The molecule has 32 heavy (non-hydrogen) atoms. The number of anilines is 1. The predicted octanol–water partition coefficient (Wildman–Crippen LogP) is 3.52. The van der Waals surface area contributed by atoms with Crippen LogP contribution in [-0.4, -0.2) is 69.5 Å². The normalized spacial score (nSPS) is 23.2. The van der Waals surface area contributed by atoms with Gasteiger partial charge in [-0.3, -0.25) is 14.3 Å². The van der Waals surface area contributed by atoms with E-state index in [-0.39, 0.29) is 18.7 Å². The summed E-state index contributed by atoms with van der Waals surface area (Å²) >= 11 is 6.50. The van der Waals surface area contributed by atoms with Gasteiger partial charge in [-0.05, 0) is 57.6 Å². The van der Waals surface area contributed by atoms with Crippen molar-refractivity contribution in [1.29, 1.82) is 0 Å². The van der Waals surface area contributed by atoms with Gasteiger partial charge in [-0.15, -0.1) is 0 Å². The second-order valence-electron chi connectivity index (χ2n) is 8.97. The molecule has 2 saturated heterocycles. The topological polar surface area (TPSA) is 60.1 Å². The summed E-state index contributed by atoms with van der Waals surface area (Å²) in [6.07, 6.45) is 4.89. The molecule has 2 aliphatic rings. The van der Waals surface area contributed by atoms with Crippen LogP contribution in [0.1, 0.15) is 48.4 Å². The first-order valence-corrected chi connectivity index (χ1v) is 11.8. The Hall–Kier alpha value is -2.19. The molecule has 0 aliphatic carbocycles. The monoisotopic (exact) mass is 454 g/mol. The lowest BCUT2D eigenvalue weighted by molar-refractivity contribution is 0.108. The quantitative estimate of drug-likeness (QED) is 0.650. The molecule has 0 spiro atoms. The molecule has 170 valence electrons. The number of piperazine rings is 1. The van der Waals surface area contributed by atoms with E-state index in [1.165, 1.54) is 0 Å². The van der Waals surface area contributed by atoms with Crippen molar-refractivity contribution in [2.24, 2.45) is 0 Å². The molecular formula is C24H31ClN6O. The molecule has 8 heteroatoms. The summed E-state index contributed by atoms with van der Waals surface area (Å²) < 4.78 is 2.16. The Morgan fingerprint density at radius 1 is 1.00 bits per heavy atom. The number of imidazole rings is 1. The SMILES string of the molecule is CN1CCN(c2cccc3nc([C@H]4CCCC(c5ncccc5Cl)N4C)c(CO)n23)CC1. The predicted molar refractivity (Wildman–Crippen MR) is 127 cm³/mol. The van der Waals surface area contributed by atoms with Gasteiger partial charge in [0.25, 0.3) is 0 Å². The average molecular weight is 455 g/mol. The van der Waals surface area contributed by atoms with Gasteiger partial charge in [0.15, 0.2) is 0 Å². The van der Waals surface area contributed by atoms with Gasteiger partial charge in [-0.2, -0.15) is 0 Å². The van der Waals surface area contributed by atoms with Gasteiger partial charge in [0.05, 0.1) is 40.8 Å². The molecule has 5 rings (SSSR count). The maximum Gasteiger partial charge on any atom is 0.138 e. The van der Waals surface area contributed by atoms with Crippen molar-refractivity contribution in [3.63, 3.8) is 0 Å². The summed E-state index contributed by atoms with van der Waals surface area (Å²) in [5, 5.41) is 11.2. The van der Waals surface area contributed by atoms with Gasteiger partial charge in [-0.25, -0.2) is 4.98 Å². The van der Waals surface area contributed by atoms with Crippen molar-refractivity contribution in [3.8, 4) is 0 Å². The number of aromatic nitrogens is 3. The van der Waals surface area contributed by atoms with Crippen LogP contribution >= 0.6 is 11.6 Å². The lowest BCUT2D eigenvalue weighted by Gasteiger charge is -2.39. The minimum atomic E-state index is -0.0411. The van der Waals surface area contributed by atoms with Crippen LogP contribution in [0.5, 0.6) is 0 Å². The fraction of sp³-hybridized carbons (Fsp3) is 0.500. The number of fused-ring (bicyclic) bond motifs is 1. The van der Waals surface area contributed by atoms with E-state index in [0.717, 1.165) is 74.0 Å². The van der Waals surface area contributed by atoms with E-state index < -0.39 is 0 Å². The van der Waals surface area contributed by atoms with E-state index in [0.29, 0.717) is 5.02 Å². The highest BCUT2D eigenvalue weighted by Gasteiger charge is 2.35. The number of halogens is 1. The molecule has 1 N–H and O–H groups in total. The van der Waals surface area contributed by atoms with Gasteiger partial charge >= 0.3 is 0 Å². The largest absolute Gasteiger partial charge is 0.390 e. The maximum atomic E-state index is 10.5. The third-order valence-electron chi connectivity index (χ3n) is 7.08. The van der Waals surface area contributed by atoms with Crippen LogP contribution in [0.4, 0.5) is 5.82 Å². The molecule has 3 aromatic rings. The first-order valence-electron chi connectivity index (χ1n) is 11.5. The Bertz CT molecular complexity index is 1090. The van der Waals surface area contributed by atoms with E-state index in [9.17, 15) is 5.11 Å². The first-order chi connectivity index (χ1) is 15.6. The molecule has 5 heterocycles. The second-order valence-corrected chi connectivity index (χ2v) is 9.38. The molecule has 0 amide bonds. The van der Waals surface area contributed by atoms with Gasteiger partial charge in [0.2, 0.25) is 0 Å². The van der Waals surface area contributed by atoms with Crippen LogP contribution in [0.25, 0.3) is 5.65 Å². The molecule has 2 aliphatic heterocycles. The summed E-state index contributed by atoms with van der Waals surface area (Å²) in [4.78, 5) is 16.7. The Morgan fingerprint density at radius 3 is 2.47 bits per heavy atom. The minimum absolute atomic E-state index is 0.0411. The number of aliphatic hydroxyl groups excluding tert-OH is 1. The van der Waals surface area contributed by atoms with E-state index in [4.69, 9.17) is 16.6 Å². The van der Waals surface area contributed by atoms with Gasteiger partial charge in [-0.1, -0.05) is 17.7 Å². The van der Waals surface area contributed by atoms with Crippen LogP contribution in [-0.2, 0) is 6.61 Å². The van der Waals surface area contributed by atoms with Crippen LogP contribution in [0, 0.1) is 0 Å². The summed E-state index contributed by atoms with van der Waals surface area (Å²) in [6.45, 7) is 3.96. The maximum absolute atomic E-state index is 10.5. The molecule has 1 unspecified atom stereocenters. The van der Waals surface area contributed by atoms with Gasteiger partial charge < -0.3 is 14.9 Å². The Balaban J connectivity index is 1.54. The van der Waals surface area contributed by atoms with E-state index in [1.54, 1.807) is 0 Å². The van der Waals surface area contributed by atoms with Crippen molar-refractivity contribution >= 4 is 23.1 Å². The molecule has 0 bridgehead atoms. The lowest BCUT2D eigenvalue weighted by atomic mass is 9.91. The summed E-state index contributed by atoms with van der Waals surface area (Å²) in [5.74, 6) is 1.11. The van der Waals surface area contributed by atoms with Gasteiger partial charge in [0.1, 0.15) is 11.5 Å². The lowest BCUT2D eigenvalue weighted by Crippen LogP contribution is -2.45. The third kappa shape index (κ3) is 3.77. The molecule has 2 atom stereocenters. The number of likely N-dealkylation sites (tertiary alicyclic amines) is 1. The number of hydrogen-bond acceptors (Lipinski definition) is 6. The van der Waals surface area contributed by atoms with Crippen LogP contribution in [0.15, 0.2) is 36.5 Å². The molecule has 0 saturated carbocycles. The number of rotatable bonds is 4. The molecule has 2 fully saturated rings. The Morgan fingerprint density at radius 2 is 1.75 bits per heavy atom. The summed E-state index contributed by atoms with van der Waals surface area (Å²) in [6, 6.07) is 10.3. The standard InChI is InChI=1S/C24H31ClN6O/c1-28-12-14-30(15-13-28)22-10-4-9-21-27-24(20(16-32)31(21)22)19-8-3-7-18(29(19)2)23-17(25)6-5-11-26-23/h4-6,9-11,18-19,32H,3,7-8,12-16H2,1-2H3/t18?,19-/m1/s1. The zero-order chi connectivity index (χ0) is 22.2. The van der Waals surface area contributed by atoms with Crippen molar-refractivity contribution in [2.75, 3.05) is 45.2 Å². The number of likely N-dealkylation sites (N-methyl/N-ethyl adjacent to an activating group) is 1. The molecule has 3 aromatic heterocycles. The summed E-state index contributed by atoms with van der Waals surface area (Å²) in [5.41, 5.74) is 3.67. The Labute approximate surface area is 194 Å². The zero-order valence-electron chi connectivity index (χ0n) is 18.8. The first kappa shape index (κ1) is 21.6. The number of nitrogens with zero attached hydrogens (tertiary/aromatic N) is 6. The fourth-order valence-electron chi connectivity index (χ4n) is 5.29. The van der Waals surface area contributed by atoms with Crippen molar-refractivity contribution in [3.05, 3.63) is 58.6 Å². The summed E-state index contributed by atoms with van der Waals surface area (Å²) in [7, 11) is 4.29. The minimum Gasteiger partial charge on any atom is -0.390 e. The number of pyridine rings is 2. The second kappa shape index (κ2) is 8.98. The highest BCUT2D eigenvalue weighted by molar-refractivity contribution is 6.31. The zero-order valence-corrected chi connectivity index (χ0v) is 19.5. The van der Waals surface area contributed by atoms with Crippen molar-refractivity contribution in [2.45, 2.75) is 38.0 Å². The number of hydrogen-bond donors (Lipinski definition) is 1. The van der Waals surface area contributed by atoms with Crippen LogP contribution in [0.2, 0.25) is 5.02 Å². The third-order valence-corrected chi connectivity index (χ3v) is 7.40. The molecule has 0 aromatic carbocycles. The van der Waals surface area contributed by atoms with E-state index >= 15 is 0 Å². The van der Waals surface area contributed by atoms with Crippen LogP contribution < -0.4 is 4.90 Å². The number of piperidine rings is 1. The smallest absolute Gasteiger partial charge is 0.138 e. The highest BCUT2D eigenvalue weighted by atomic mass is 35.5. The highest BCUT2D eigenvalue weighted by Crippen LogP contribution is 2.42. The van der Waals surface area contributed by atoms with Gasteiger partial charge in [0, 0.05) is 32.4 Å². The molecule has 7 nitrogen and oxygen atoms in total. The van der Waals surface area contributed by atoms with Crippen LogP contribution in [0.3, 0.4) is 0 Å². The van der Waals surface area contributed by atoms with E-state index in [2.05, 4.69) is 50.3 Å². The average Bonchev–Trinajstić information content (AvgIpc) is 3.19. The Kier molecular flexibility index (Phi) is 6.07. The van der Waals surface area contributed by atoms with E-state index in [1.807, 2.05) is 24.4 Å². The molecular weight excluding hydrogens is 424 g/mol. The van der Waals surface area contributed by atoms with Crippen molar-refractivity contribution < 1.29 is 5.11 Å².